The first kappa shape index (κ1) is 5.23. The van der Waals surface area contributed by atoms with Gasteiger partial charge in [-0.3, -0.25) is 0 Å². The Morgan fingerprint density at radius 3 is 3.00 bits per heavy atom. The zero-order valence-corrected chi connectivity index (χ0v) is 5.00. The number of carbonyl (C=O) groups is 1. The second-order valence-electron chi connectivity index (χ2n) is 2.42. The molecule has 2 fully saturated rings. The van der Waals surface area contributed by atoms with Crippen LogP contribution in [0.25, 0.3) is 0 Å². The van der Waals surface area contributed by atoms with Crippen LogP contribution in [0, 0.1) is 0 Å². The maximum atomic E-state index is 10.7. The summed E-state index contributed by atoms with van der Waals surface area (Å²) >= 11 is 0. The van der Waals surface area contributed by atoms with E-state index in [2.05, 4.69) is 0 Å². The van der Waals surface area contributed by atoms with Crippen molar-refractivity contribution in [3.63, 3.8) is 0 Å². The van der Waals surface area contributed by atoms with Crippen molar-refractivity contribution in [1.29, 1.82) is 0 Å². The Labute approximate surface area is 52.9 Å². The van der Waals surface area contributed by atoms with Crippen molar-refractivity contribution in [1.82, 2.24) is 0 Å². The molecule has 50 valence electrons. The largest absolute Gasteiger partial charge is 0.434 e. The molecule has 0 N–H and O–H groups in total. The van der Waals surface area contributed by atoms with Crippen LogP contribution in [-0.4, -0.2) is 18.4 Å². The summed E-state index contributed by atoms with van der Waals surface area (Å²) in [6, 6.07) is 0. The number of hydrogen-bond donors (Lipinski definition) is 0. The highest BCUT2D eigenvalue weighted by Crippen LogP contribution is 2.27. The smallest absolute Gasteiger partial charge is 0.337 e. The van der Waals surface area contributed by atoms with Crippen LogP contribution >= 0.6 is 0 Å². The monoisotopic (exact) mass is 128 g/mol. The summed E-state index contributed by atoms with van der Waals surface area (Å²) in [5.41, 5.74) is 0. The molecular formula is C6H8O3. The molecule has 0 aliphatic carbocycles. The Morgan fingerprint density at radius 2 is 2.33 bits per heavy atom. The molecule has 2 aliphatic rings. The molecule has 2 bridgehead atoms. The average molecular weight is 128 g/mol. The van der Waals surface area contributed by atoms with Crippen molar-refractivity contribution in [2.45, 2.75) is 31.7 Å². The van der Waals surface area contributed by atoms with Crippen molar-refractivity contribution in [2.75, 3.05) is 0 Å². The average Bonchev–Trinajstić information content (AvgIpc) is 2.09. The fourth-order valence-electron chi connectivity index (χ4n) is 1.25. The van der Waals surface area contributed by atoms with Crippen LogP contribution < -0.4 is 0 Å². The molecule has 3 heteroatoms. The van der Waals surface area contributed by atoms with Gasteiger partial charge in [0, 0.05) is 6.42 Å². The number of rotatable bonds is 0. The molecule has 2 unspecified atom stereocenters. The van der Waals surface area contributed by atoms with E-state index in [-0.39, 0.29) is 18.4 Å². The van der Waals surface area contributed by atoms with Gasteiger partial charge in [0.1, 0.15) is 0 Å². The number of ether oxygens (including phenoxy) is 2. The zero-order chi connectivity index (χ0) is 6.27. The molecule has 0 spiro atoms. The molecule has 2 aliphatic heterocycles. The molecule has 0 aromatic heterocycles. The van der Waals surface area contributed by atoms with E-state index in [1.54, 1.807) is 0 Å². The van der Waals surface area contributed by atoms with Gasteiger partial charge in [0.2, 0.25) is 6.29 Å². The predicted octanol–water partition coefficient (Wildman–Crippen LogP) is 0.438. The summed E-state index contributed by atoms with van der Waals surface area (Å²) in [6.07, 6.45) is 2.33. The molecular weight excluding hydrogens is 120 g/mol. The summed E-state index contributed by atoms with van der Waals surface area (Å²) in [5, 5.41) is 0. The number of hydrogen-bond acceptors (Lipinski definition) is 3. The summed E-state index contributed by atoms with van der Waals surface area (Å²) in [5.74, 6) is -0.169. The lowest BCUT2D eigenvalue weighted by molar-refractivity contribution is -0.143. The molecule has 2 saturated heterocycles. The molecule has 0 aromatic rings. The first-order valence-corrected chi connectivity index (χ1v) is 3.22. The van der Waals surface area contributed by atoms with Crippen molar-refractivity contribution in [2.24, 2.45) is 0 Å². The van der Waals surface area contributed by atoms with Crippen LogP contribution in [-0.2, 0) is 14.3 Å². The van der Waals surface area contributed by atoms with Gasteiger partial charge in [0.15, 0.2) is 6.10 Å². The zero-order valence-electron chi connectivity index (χ0n) is 5.00. The van der Waals surface area contributed by atoms with Gasteiger partial charge in [-0.25, -0.2) is 4.79 Å². The maximum absolute atomic E-state index is 10.7. The van der Waals surface area contributed by atoms with Gasteiger partial charge >= 0.3 is 5.97 Å². The third kappa shape index (κ3) is 0.721. The Morgan fingerprint density at radius 1 is 1.44 bits per heavy atom. The minimum absolute atomic E-state index is 0.169. The van der Waals surface area contributed by atoms with E-state index in [1.165, 1.54) is 0 Å². The van der Waals surface area contributed by atoms with E-state index in [9.17, 15) is 4.79 Å². The Balaban J connectivity index is 2.15. The molecule has 3 nitrogen and oxygen atoms in total. The number of fused-ring (bicyclic) bond motifs is 2. The molecule has 9 heavy (non-hydrogen) atoms. The SMILES string of the molecule is O=C1OC2CCCC1O2. The van der Waals surface area contributed by atoms with E-state index in [4.69, 9.17) is 9.47 Å². The third-order valence-corrected chi connectivity index (χ3v) is 1.73. The van der Waals surface area contributed by atoms with Crippen LogP contribution in [0.5, 0.6) is 0 Å². The predicted molar refractivity (Wildman–Crippen MR) is 28.6 cm³/mol. The van der Waals surface area contributed by atoms with E-state index in [1.807, 2.05) is 0 Å². The molecule has 0 saturated carbocycles. The lowest BCUT2D eigenvalue weighted by Crippen LogP contribution is -2.19. The third-order valence-electron chi connectivity index (χ3n) is 1.73. The van der Waals surface area contributed by atoms with Crippen LogP contribution in [0.15, 0.2) is 0 Å². The lowest BCUT2D eigenvalue weighted by atomic mass is 10.1. The Hall–Kier alpha value is -0.570. The molecule has 0 amide bonds. The van der Waals surface area contributed by atoms with Gasteiger partial charge in [0.05, 0.1) is 0 Å². The number of esters is 1. The highest BCUT2D eigenvalue weighted by Gasteiger charge is 2.38. The minimum Gasteiger partial charge on any atom is -0.434 e. The quantitative estimate of drug-likeness (QED) is 0.444. The normalized spacial score (nSPS) is 40.7. The van der Waals surface area contributed by atoms with Crippen LogP contribution in [0.4, 0.5) is 0 Å². The van der Waals surface area contributed by atoms with Crippen LogP contribution in [0.1, 0.15) is 19.3 Å². The number of carbonyl (C=O) groups excluding carboxylic acids is 1. The highest BCUT2D eigenvalue weighted by atomic mass is 16.8. The lowest BCUT2D eigenvalue weighted by Gasteiger charge is -2.13. The molecule has 2 rings (SSSR count). The molecule has 2 heterocycles. The van der Waals surface area contributed by atoms with E-state index < -0.39 is 0 Å². The van der Waals surface area contributed by atoms with Crippen LogP contribution in [0.3, 0.4) is 0 Å². The summed E-state index contributed by atoms with van der Waals surface area (Å²) < 4.78 is 9.96. The topological polar surface area (TPSA) is 35.5 Å². The first-order valence-electron chi connectivity index (χ1n) is 3.22. The van der Waals surface area contributed by atoms with Gasteiger partial charge in [-0.1, -0.05) is 0 Å². The van der Waals surface area contributed by atoms with E-state index >= 15 is 0 Å². The van der Waals surface area contributed by atoms with Gasteiger partial charge in [0.25, 0.3) is 0 Å². The van der Waals surface area contributed by atoms with Crippen molar-refractivity contribution in [3.8, 4) is 0 Å². The summed E-state index contributed by atoms with van der Waals surface area (Å²) in [4.78, 5) is 10.7. The Kier molecular flexibility index (Phi) is 0.990. The van der Waals surface area contributed by atoms with Gasteiger partial charge in [-0.2, -0.15) is 0 Å². The standard InChI is InChI=1S/C6H8O3/c7-6-4-2-1-3-5(8-4)9-6/h4-5H,1-3H2. The fourth-order valence-corrected chi connectivity index (χ4v) is 1.25. The summed E-state index contributed by atoms with van der Waals surface area (Å²) in [6.45, 7) is 0. The highest BCUT2D eigenvalue weighted by molar-refractivity contribution is 5.76. The minimum atomic E-state index is -0.233. The van der Waals surface area contributed by atoms with Crippen LogP contribution in [0.2, 0.25) is 0 Å². The second-order valence-corrected chi connectivity index (χ2v) is 2.42. The Bertz CT molecular complexity index is 143. The fraction of sp³-hybridized carbons (Fsp3) is 0.833. The van der Waals surface area contributed by atoms with Crippen molar-refractivity contribution in [3.05, 3.63) is 0 Å². The first-order chi connectivity index (χ1) is 4.36. The molecule has 2 atom stereocenters. The van der Waals surface area contributed by atoms with Gasteiger partial charge in [-0.05, 0) is 12.8 Å². The molecule has 0 aromatic carbocycles. The molecule has 0 radical (unpaired) electrons. The van der Waals surface area contributed by atoms with Crippen molar-refractivity contribution < 1.29 is 14.3 Å². The van der Waals surface area contributed by atoms with E-state index in [0.717, 1.165) is 19.3 Å². The van der Waals surface area contributed by atoms with Gasteiger partial charge in [-0.15, -0.1) is 0 Å². The maximum Gasteiger partial charge on any atom is 0.337 e. The van der Waals surface area contributed by atoms with E-state index in [0.29, 0.717) is 0 Å². The van der Waals surface area contributed by atoms with Crippen molar-refractivity contribution >= 4 is 5.97 Å². The second kappa shape index (κ2) is 1.70. The van der Waals surface area contributed by atoms with Gasteiger partial charge < -0.3 is 9.47 Å². The summed E-state index contributed by atoms with van der Waals surface area (Å²) in [7, 11) is 0.